The van der Waals surface area contributed by atoms with Crippen LogP contribution in [0, 0.1) is 0 Å². The zero-order valence-corrected chi connectivity index (χ0v) is 8.52. The largest absolute Gasteiger partial charge is 0.480 e. The van der Waals surface area contributed by atoms with Gasteiger partial charge in [0.25, 0.3) is 0 Å². The average molecular weight is 205 g/mol. The van der Waals surface area contributed by atoms with Gasteiger partial charge in [-0.3, -0.25) is 4.79 Å². The molecule has 2 N–H and O–H groups in total. The first-order chi connectivity index (χ1) is 7.25. The highest BCUT2D eigenvalue weighted by molar-refractivity contribution is 5.74. The van der Waals surface area contributed by atoms with Crippen LogP contribution in [0.4, 0.5) is 0 Å². The van der Waals surface area contributed by atoms with E-state index < -0.39 is 5.97 Å². The molecule has 1 aliphatic rings. The molecule has 0 aromatic heterocycles. The average Bonchev–Trinajstić information content (AvgIpc) is 2.16. The van der Waals surface area contributed by atoms with Crippen molar-refractivity contribution in [1.29, 1.82) is 0 Å². The van der Waals surface area contributed by atoms with Crippen molar-refractivity contribution in [2.75, 3.05) is 0 Å². The van der Waals surface area contributed by atoms with E-state index in [0.29, 0.717) is 6.04 Å². The van der Waals surface area contributed by atoms with Crippen molar-refractivity contribution >= 4 is 5.97 Å². The summed E-state index contributed by atoms with van der Waals surface area (Å²) in [6.45, 7) is 0. The highest BCUT2D eigenvalue weighted by Crippen LogP contribution is 2.17. The van der Waals surface area contributed by atoms with E-state index in [9.17, 15) is 4.79 Å². The van der Waals surface area contributed by atoms with Gasteiger partial charge in [0.2, 0.25) is 0 Å². The number of carboxylic acids is 1. The summed E-state index contributed by atoms with van der Waals surface area (Å²) < 4.78 is 0. The lowest BCUT2D eigenvalue weighted by Crippen LogP contribution is -2.56. The smallest absolute Gasteiger partial charge is 0.320 e. The maximum absolute atomic E-state index is 10.5. The van der Waals surface area contributed by atoms with E-state index in [1.165, 1.54) is 5.56 Å². The lowest BCUT2D eigenvalue weighted by atomic mass is 9.92. The van der Waals surface area contributed by atoms with Gasteiger partial charge in [-0.1, -0.05) is 30.3 Å². The van der Waals surface area contributed by atoms with Gasteiger partial charge in [-0.25, -0.2) is 0 Å². The summed E-state index contributed by atoms with van der Waals surface area (Å²) in [6, 6.07) is 10.3. The van der Waals surface area contributed by atoms with Crippen LogP contribution in [0.1, 0.15) is 18.4 Å². The Kier molecular flexibility index (Phi) is 3.02. The first-order valence-electron chi connectivity index (χ1n) is 5.28. The number of hydrogen-bond acceptors (Lipinski definition) is 2. The Morgan fingerprint density at radius 2 is 2.07 bits per heavy atom. The number of hydrogen-bond donors (Lipinski definition) is 2. The molecule has 3 nitrogen and oxygen atoms in total. The molecule has 2 unspecified atom stereocenters. The van der Waals surface area contributed by atoms with E-state index in [1.807, 2.05) is 18.2 Å². The SMILES string of the molecule is O=C(O)C1CC(CCc2ccccc2)N1. The molecular formula is C12H15NO2. The number of nitrogens with one attached hydrogen (secondary N) is 1. The number of aliphatic carboxylic acids is 1. The minimum Gasteiger partial charge on any atom is -0.480 e. The van der Waals surface area contributed by atoms with Crippen LogP contribution in [0.3, 0.4) is 0 Å². The van der Waals surface area contributed by atoms with Crippen molar-refractivity contribution in [3.05, 3.63) is 35.9 Å². The van der Waals surface area contributed by atoms with Crippen LogP contribution < -0.4 is 5.32 Å². The van der Waals surface area contributed by atoms with Crippen LogP contribution in [0.25, 0.3) is 0 Å². The lowest BCUT2D eigenvalue weighted by Gasteiger charge is -2.34. The molecule has 1 aromatic rings. The van der Waals surface area contributed by atoms with Crippen molar-refractivity contribution < 1.29 is 9.90 Å². The van der Waals surface area contributed by atoms with E-state index in [1.54, 1.807) is 0 Å². The van der Waals surface area contributed by atoms with Gasteiger partial charge < -0.3 is 10.4 Å². The Balaban J connectivity index is 1.71. The molecule has 1 saturated heterocycles. The molecule has 3 heteroatoms. The molecule has 15 heavy (non-hydrogen) atoms. The third-order valence-corrected chi connectivity index (χ3v) is 2.88. The molecule has 1 aliphatic heterocycles. The minimum absolute atomic E-state index is 0.314. The van der Waals surface area contributed by atoms with Gasteiger partial charge in [0, 0.05) is 6.04 Å². The normalized spacial score (nSPS) is 24.5. The fraction of sp³-hybridized carbons (Fsp3) is 0.417. The molecule has 2 rings (SSSR count). The van der Waals surface area contributed by atoms with Crippen molar-refractivity contribution in [2.45, 2.75) is 31.3 Å². The molecule has 0 spiro atoms. The van der Waals surface area contributed by atoms with Gasteiger partial charge in [-0.15, -0.1) is 0 Å². The summed E-state index contributed by atoms with van der Waals surface area (Å²) in [5.41, 5.74) is 1.32. The third kappa shape index (κ3) is 2.57. The van der Waals surface area contributed by atoms with Crippen LogP contribution in [0.5, 0.6) is 0 Å². The highest BCUT2D eigenvalue weighted by Gasteiger charge is 2.32. The second-order valence-corrected chi connectivity index (χ2v) is 4.01. The zero-order valence-electron chi connectivity index (χ0n) is 8.52. The van der Waals surface area contributed by atoms with Crippen molar-refractivity contribution in [2.24, 2.45) is 0 Å². The number of aryl methyl sites for hydroxylation is 1. The second kappa shape index (κ2) is 4.45. The van der Waals surface area contributed by atoms with Crippen LogP contribution in [0.2, 0.25) is 0 Å². The maximum Gasteiger partial charge on any atom is 0.320 e. The summed E-state index contributed by atoms with van der Waals surface area (Å²) in [4.78, 5) is 10.5. The molecule has 80 valence electrons. The van der Waals surface area contributed by atoms with E-state index >= 15 is 0 Å². The molecular weight excluding hydrogens is 190 g/mol. The second-order valence-electron chi connectivity index (χ2n) is 4.01. The number of carbonyl (C=O) groups is 1. The molecule has 1 fully saturated rings. The van der Waals surface area contributed by atoms with E-state index in [-0.39, 0.29) is 6.04 Å². The Bertz CT molecular complexity index is 331. The Morgan fingerprint density at radius 1 is 1.40 bits per heavy atom. The standard InChI is InChI=1S/C12H15NO2/c14-12(15)11-8-10(13-11)7-6-9-4-2-1-3-5-9/h1-5,10-11,13H,6-8H2,(H,14,15). The first kappa shape index (κ1) is 10.2. The van der Waals surface area contributed by atoms with Crippen LogP contribution in [-0.2, 0) is 11.2 Å². The lowest BCUT2D eigenvalue weighted by molar-refractivity contribution is -0.142. The molecule has 0 amide bonds. The topological polar surface area (TPSA) is 49.3 Å². The number of rotatable bonds is 4. The van der Waals surface area contributed by atoms with Crippen molar-refractivity contribution in [1.82, 2.24) is 5.32 Å². The predicted molar refractivity (Wildman–Crippen MR) is 57.7 cm³/mol. The number of benzene rings is 1. The quantitative estimate of drug-likeness (QED) is 0.781. The summed E-state index contributed by atoms with van der Waals surface area (Å²) in [7, 11) is 0. The van der Waals surface area contributed by atoms with Crippen molar-refractivity contribution in [3.63, 3.8) is 0 Å². The fourth-order valence-electron chi connectivity index (χ4n) is 1.90. The molecule has 0 bridgehead atoms. The Labute approximate surface area is 89.1 Å². The number of carboxylic acid groups (broad SMARTS) is 1. The van der Waals surface area contributed by atoms with Gasteiger partial charge in [0.1, 0.15) is 6.04 Å². The molecule has 2 atom stereocenters. The summed E-state index contributed by atoms with van der Waals surface area (Å²) in [6.07, 6.45) is 2.81. The monoisotopic (exact) mass is 205 g/mol. The van der Waals surface area contributed by atoms with Crippen LogP contribution >= 0.6 is 0 Å². The highest BCUT2D eigenvalue weighted by atomic mass is 16.4. The van der Waals surface area contributed by atoms with Crippen LogP contribution in [-0.4, -0.2) is 23.2 Å². The van der Waals surface area contributed by atoms with Gasteiger partial charge in [0.05, 0.1) is 0 Å². The molecule has 0 saturated carbocycles. The van der Waals surface area contributed by atoms with Gasteiger partial charge >= 0.3 is 5.97 Å². The summed E-state index contributed by atoms with van der Waals surface area (Å²) in [5.74, 6) is -0.731. The van der Waals surface area contributed by atoms with E-state index in [4.69, 9.17) is 5.11 Å². The minimum atomic E-state index is -0.731. The predicted octanol–water partition coefficient (Wildman–Crippen LogP) is 1.43. The zero-order chi connectivity index (χ0) is 10.7. The molecule has 0 radical (unpaired) electrons. The Morgan fingerprint density at radius 3 is 2.67 bits per heavy atom. The summed E-state index contributed by atoms with van der Waals surface area (Å²) >= 11 is 0. The Hall–Kier alpha value is -1.35. The van der Waals surface area contributed by atoms with E-state index in [2.05, 4.69) is 17.4 Å². The first-order valence-corrected chi connectivity index (χ1v) is 5.28. The third-order valence-electron chi connectivity index (χ3n) is 2.88. The van der Waals surface area contributed by atoms with Gasteiger partial charge in [-0.05, 0) is 24.8 Å². The summed E-state index contributed by atoms with van der Waals surface area (Å²) in [5, 5.41) is 11.7. The fourth-order valence-corrected chi connectivity index (χ4v) is 1.90. The molecule has 1 heterocycles. The maximum atomic E-state index is 10.5. The van der Waals surface area contributed by atoms with Crippen molar-refractivity contribution in [3.8, 4) is 0 Å². The van der Waals surface area contributed by atoms with Crippen LogP contribution in [0.15, 0.2) is 30.3 Å². The van der Waals surface area contributed by atoms with E-state index in [0.717, 1.165) is 19.3 Å². The van der Waals surface area contributed by atoms with Gasteiger partial charge in [-0.2, -0.15) is 0 Å². The van der Waals surface area contributed by atoms with Gasteiger partial charge in [0.15, 0.2) is 0 Å². The molecule has 0 aliphatic carbocycles. The molecule has 1 aromatic carbocycles.